The number of imidazole rings is 1. The smallest absolute Gasteiger partial charge is 0.243 e. The van der Waals surface area contributed by atoms with E-state index in [1.807, 2.05) is 29.1 Å². The summed E-state index contributed by atoms with van der Waals surface area (Å²) in [5.41, 5.74) is 0.991. The molecule has 0 saturated heterocycles. The predicted molar refractivity (Wildman–Crippen MR) is 85.1 cm³/mol. The normalized spacial score (nSPS) is 11.2. The Bertz CT molecular complexity index is 755. The molecule has 0 atom stereocenters. The van der Waals surface area contributed by atoms with Crippen LogP contribution in [0.3, 0.4) is 0 Å². The second kappa shape index (κ2) is 5.73. The number of nitrogens with one attached hydrogen (secondary N) is 1. The molecule has 0 fully saturated rings. The highest BCUT2D eigenvalue weighted by Crippen LogP contribution is 2.33. The van der Waals surface area contributed by atoms with Gasteiger partial charge in [0.05, 0.1) is 4.47 Å². The fourth-order valence-corrected chi connectivity index (χ4v) is 3.37. The molecular weight excluding hydrogens is 362 g/mol. The zero-order chi connectivity index (χ0) is 14.1. The van der Waals surface area contributed by atoms with Gasteiger partial charge >= 0.3 is 0 Å². The lowest BCUT2D eigenvalue weighted by Gasteiger charge is -2.07. The standard InChI is InChI=1S/C13H11BrClN3OS/c1-16-7-10-12(17-13-18(10)4-5-20-13)19-11-3-2-8(15)6-9(11)14/h2-6,16H,7H2,1H3. The number of aromatic nitrogens is 2. The summed E-state index contributed by atoms with van der Waals surface area (Å²) in [6.45, 7) is 0.679. The fourth-order valence-electron chi connectivity index (χ4n) is 1.88. The minimum absolute atomic E-state index is 0.606. The fraction of sp³-hybridized carbons (Fsp3) is 0.154. The summed E-state index contributed by atoms with van der Waals surface area (Å²) in [4.78, 5) is 5.43. The van der Waals surface area contributed by atoms with Gasteiger partial charge in [0.1, 0.15) is 11.4 Å². The van der Waals surface area contributed by atoms with Gasteiger partial charge in [0.25, 0.3) is 0 Å². The first-order valence-corrected chi connectivity index (χ1v) is 7.96. The van der Waals surface area contributed by atoms with Crippen LogP contribution in [-0.2, 0) is 6.54 Å². The third kappa shape index (κ3) is 2.56. The van der Waals surface area contributed by atoms with Crippen LogP contribution in [0.15, 0.2) is 34.2 Å². The molecule has 20 heavy (non-hydrogen) atoms. The Balaban J connectivity index is 2.01. The average Bonchev–Trinajstić information content (AvgIpc) is 2.96. The second-order valence-corrected chi connectivity index (χ2v) is 6.29. The van der Waals surface area contributed by atoms with Gasteiger partial charge in [-0.05, 0) is 41.2 Å². The molecular formula is C13H11BrClN3OS. The molecule has 0 spiro atoms. The first kappa shape index (κ1) is 13.9. The van der Waals surface area contributed by atoms with Crippen LogP contribution in [0.4, 0.5) is 0 Å². The van der Waals surface area contributed by atoms with Gasteiger partial charge in [-0.15, -0.1) is 11.3 Å². The summed E-state index contributed by atoms with van der Waals surface area (Å²) < 4.78 is 8.75. The molecule has 0 saturated carbocycles. The highest BCUT2D eigenvalue weighted by atomic mass is 79.9. The number of fused-ring (bicyclic) bond motifs is 1. The number of benzene rings is 1. The number of thiazole rings is 1. The van der Waals surface area contributed by atoms with E-state index in [-0.39, 0.29) is 0 Å². The second-order valence-electron chi connectivity index (χ2n) is 4.13. The zero-order valence-corrected chi connectivity index (χ0v) is 13.7. The van der Waals surface area contributed by atoms with Crippen LogP contribution in [-0.4, -0.2) is 16.4 Å². The molecule has 2 heterocycles. The Hall–Kier alpha value is -1.08. The molecule has 0 amide bonds. The van der Waals surface area contributed by atoms with Crippen molar-refractivity contribution in [3.8, 4) is 11.6 Å². The highest BCUT2D eigenvalue weighted by Gasteiger charge is 2.15. The lowest BCUT2D eigenvalue weighted by molar-refractivity contribution is 0.454. The third-order valence-corrected chi connectivity index (χ3v) is 4.38. The van der Waals surface area contributed by atoms with Crippen LogP contribution in [0.25, 0.3) is 4.96 Å². The van der Waals surface area contributed by atoms with Crippen LogP contribution < -0.4 is 10.1 Å². The number of hydrogen-bond donors (Lipinski definition) is 1. The van der Waals surface area contributed by atoms with Crippen molar-refractivity contribution in [2.45, 2.75) is 6.54 Å². The number of nitrogens with zero attached hydrogens (tertiary/aromatic N) is 2. The molecule has 0 radical (unpaired) electrons. The van der Waals surface area contributed by atoms with Crippen LogP contribution in [0.5, 0.6) is 11.6 Å². The van der Waals surface area contributed by atoms with Gasteiger partial charge in [-0.2, -0.15) is 4.98 Å². The molecule has 0 aliphatic carbocycles. The van der Waals surface area contributed by atoms with E-state index in [4.69, 9.17) is 16.3 Å². The Morgan fingerprint density at radius 2 is 2.35 bits per heavy atom. The molecule has 0 bridgehead atoms. The summed E-state index contributed by atoms with van der Waals surface area (Å²) >= 11 is 11.0. The Labute approximate surface area is 133 Å². The number of hydrogen-bond acceptors (Lipinski definition) is 4. The van der Waals surface area contributed by atoms with Crippen LogP contribution in [0.2, 0.25) is 5.02 Å². The van der Waals surface area contributed by atoms with Crippen molar-refractivity contribution in [3.63, 3.8) is 0 Å². The maximum atomic E-state index is 5.93. The number of halogens is 2. The van der Waals surface area contributed by atoms with Crippen LogP contribution >= 0.6 is 38.9 Å². The molecule has 1 aromatic carbocycles. The molecule has 3 rings (SSSR count). The van der Waals surface area contributed by atoms with Crippen molar-refractivity contribution in [1.82, 2.24) is 14.7 Å². The van der Waals surface area contributed by atoms with Gasteiger partial charge in [-0.25, -0.2) is 0 Å². The van der Waals surface area contributed by atoms with Gasteiger partial charge in [-0.1, -0.05) is 11.6 Å². The molecule has 3 aromatic rings. The van der Waals surface area contributed by atoms with Gasteiger partial charge in [0, 0.05) is 23.1 Å². The van der Waals surface area contributed by atoms with E-state index in [1.165, 1.54) is 0 Å². The lowest BCUT2D eigenvalue weighted by atomic mass is 10.3. The highest BCUT2D eigenvalue weighted by molar-refractivity contribution is 9.10. The van der Waals surface area contributed by atoms with Crippen molar-refractivity contribution < 1.29 is 4.74 Å². The maximum absolute atomic E-state index is 5.93. The average molecular weight is 373 g/mol. The largest absolute Gasteiger partial charge is 0.436 e. The SMILES string of the molecule is CNCc1c(Oc2ccc(Cl)cc2Br)nc2sccn12. The minimum atomic E-state index is 0.606. The molecule has 7 heteroatoms. The molecule has 2 aromatic heterocycles. The van der Waals surface area contributed by atoms with Gasteiger partial charge in [0.2, 0.25) is 5.88 Å². The first-order chi connectivity index (χ1) is 9.69. The van der Waals surface area contributed by atoms with E-state index in [0.29, 0.717) is 23.2 Å². The number of rotatable bonds is 4. The lowest BCUT2D eigenvalue weighted by Crippen LogP contribution is -2.08. The third-order valence-electron chi connectivity index (χ3n) is 2.77. The van der Waals surface area contributed by atoms with Crippen LogP contribution in [0.1, 0.15) is 5.69 Å². The molecule has 0 aliphatic rings. The summed E-state index contributed by atoms with van der Waals surface area (Å²) in [6.07, 6.45) is 1.99. The van der Waals surface area contributed by atoms with Gasteiger partial charge < -0.3 is 10.1 Å². The molecule has 1 N–H and O–H groups in total. The zero-order valence-electron chi connectivity index (χ0n) is 10.6. The summed E-state index contributed by atoms with van der Waals surface area (Å²) in [6, 6.07) is 5.41. The molecule has 4 nitrogen and oxygen atoms in total. The van der Waals surface area contributed by atoms with E-state index in [2.05, 4.69) is 26.2 Å². The molecule has 0 aliphatic heterocycles. The van der Waals surface area contributed by atoms with Gasteiger partial charge in [-0.3, -0.25) is 4.40 Å². The summed E-state index contributed by atoms with van der Waals surface area (Å²) in [5.74, 6) is 1.30. The maximum Gasteiger partial charge on any atom is 0.243 e. The van der Waals surface area contributed by atoms with Crippen molar-refractivity contribution in [2.24, 2.45) is 0 Å². The monoisotopic (exact) mass is 371 g/mol. The summed E-state index contributed by atoms with van der Waals surface area (Å²) in [7, 11) is 1.90. The Morgan fingerprint density at radius 1 is 1.50 bits per heavy atom. The van der Waals surface area contributed by atoms with E-state index >= 15 is 0 Å². The minimum Gasteiger partial charge on any atom is -0.436 e. The Kier molecular flexibility index (Phi) is 3.98. The predicted octanol–water partition coefficient (Wildman–Crippen LogP) is 4.32. The van der Waals surface area contributed by atoms with E-state index in [0.717, 1.165) is 15.1 Å². The number of ether oxygens (including phenoxy) is 1. The van der Waals surface area contributed by atoms with Crippen molar-refractivity contribution in [2.75, 3.05) is 7.05 Å². The van der Waals surface area contributed by atoms with E-state index in [1.54, 1.807) is 23.5 Å². The summed E-state index contributed by atoms with van der Waals surface area (Å²) in [5, 5.41) is 5.79. The molecule has 104 valence electrons. The van der Waals surface area contributed by atoms with E-state index in [9.17, 15) is 0 Å². The van der Waals surface area contributed by atoms with Gasteiger partial charge in [0.15, 0.2) is 4.96 Å². The first-order valence-electron chi connectivity index (χ1n) is 5.91. The quantitative estimate of drug-likeness (QED) is 0.741. The van der Waals surface area contributed by atoms with Crippen molar-refractivity contribution >= 4 is 43.8 Å². The Morgan fingerprint density at radius 3 is 3.10 bits per heavy atom. The topological polar surface area (TPSA) is 38.6 Å². The van der Waals surface area contributed by atoms with Crippen molar-refractivity contribution in [1.29, 1.82) is 0 Å². The van der Waals surface area contributed by atoms with Crippen LogP contribution in [0, 0.1) is 0 Å². The van der Waals surface area contributed by atoms with E-state index < -0.39 is 0 Å². The molecule has 0 unspecified atom stereocenters. The van der Waals surface area contributed by atoms with Crippen molar-refractivity contribution in [3.05, 3.63) is 45.0 Å².